The minimum atomic E-state index is -3.73. The van der Waals surface area contributed by atoms with E-state index in [1.807, 2.05) is 6.92 Å². The van der Waals surface area contributed by atoms with E-state index in [1.165, 1.54) is 16.1 Å². The van der Waals surface area contributed by atoms with E-state index in [0.717, 1.165) is 37.1 Å². The summed E-state index contributed by atoms with van der Waals surface area (Å²) >= 11 is 0. The number of hydrogen-bond acceptors (Lipinski definition) is 3. The summed E-state index contributed by atoms with van der Waals surface area (Å²) in [5, 5.41) is 4.00. The van der Waals surface area contributed by atoms with Crippen LogP contribution in [-0.2, 0) is 10.0 Å². The number of aromatic nitrogens is 1. The summed E-state index contributed by atoms with van der Waals surface area (Å²) < 4.78 is 41.6. The van der Waals surface area contributed by atoms with Crippen LogP contribution in [-0.4, -0.2) is 25.5 Å². The van der Waals surface area contributed by atoms with Crippen molar-refractivity contribution < 1.29 is 12.8 Å². The molecule has 2 aromatic carbocycles. The van der Waals surface area contributed by atoms with Gasteiger partial charge in [-0.05, 0) is 74.7 Å². The molecule has 1 fully saturated rings. The lowest BCUT2D eigenvalue weighted by Gasteiger charge is -2.22. The number of benzene rings is 2. The topological polar surface area (TPSA) is 51.1 Å². The first kappa shape index (κ1) is 17.2. The number of aryl methyl sites for hydroxylation is 1. The van der Waals surface area contributed by atoms with Gasteiger partial charge in [-0.1, -0.05) is 17.7 Å². The third kappa shape index (κ3) is 2.93. The summed E-state index contributed by atoms with van der Waals surface area (Å²) in [6, 6.07) is 11.1. The van der Waals surface area contributed by atoms with Crippen LogP contribution in [0.15, 0.2) is 53.6 Å². The third-order valence-electron chi connectivity index (χ3n) is 5.12. The molecule has 1 saturated heterocycles. The standard InChI is InChI=1S/C20H21FN2O2S/c1-14-2-5-17(6-3-14)26(24,25)23-13-19(15-8-10-22-11-9-15)18-12-16(21)4-7-20(18)23/h2-7,12-13,15,22H,8-11H2,1H3. The summed E-state index contributed by atoms with van der Waals surface area (Å²) in [7, 11) is -3.73. The highest BCUT2D eigenvalue weighted by Crippen LogP contribution is 2.35. The largest absolute Gasteiger partial charge is 0.317 e. The van der Waals surface area contributed by atoms with Gasteiger partial charge in [0.1, 0.15) is 5.82 Å². The minimum absolute atomic E-state index is 0.231. The van der Waals surface area contributed by atoms with Crippen molar-refractivity contribution in [3.8, 4) is 0 Å². The van der Waals surface area contributed by atoms with Gasteiger partial charge in [0.2, 0.25) is 0 Å². The molecular weight excluding hydrogens is 351 g/mol. The first-order valence-electron chi connectivity index (χ1n) is 8.80. The molecule has 0 radical (unpaired) electrons. The molecule has 26 heavy (non-hydrogen) atoms. The lowest BCUT2D eigenvalue weighted by molar-refractivity contribution is 0.462. The molecule has 0 unspecified atom stereocenters. The van der Waals surface area contributed by atoms with Crippen molar-refractivity contribution in [1.29, 1.82) is 0 Å². The summed E-state index contributed by atoms with van der Waals surface area (Å²) in [5.74, 6) is -0.117. The highest BCUT2D eigenvalue weighted by molar-refractivity contribution is 7.90. The number of hydrogen-bond donors (Lipinski definition) is 1. The van der Waals surface area contributed by atoms with E-state index in [9.17, 15) is 12.8 Å². The SMILES string of the molecule is Cc1ccc(S(=O)(=O)n2cc(C3CCNCC3)c3cc(F)ccc32)cc1. The van der Waals surface area contributed by atoms with Crippen LogP contribution < -0.4 is 5.32 Å². The molecule has 136 valence electrons. The Hall–Kier alpha value is -2.18. The predicted octanol–water partition coefficient (Wildman–Crippen LogP) is 3.79. The normalized spacial score (nSPS) is 16.2. The van der Waals surface area contributed by atoms with E-state index in [2.05, 4.69) is 5.32 Å². The van der Waals surface area contributed by atoms with Crippen LogP contribution in [0.5, 0.6) is 0 Å². The van der Waals surface area contributed by atoms with E-state index in [4.69, 9.17) is 0 Å². The number of halogens is 1. The van der Waals surface area contributed by atoms with E-state index in [-0.39, 0.29) is 16.6 Å². The third-order valence-corrected chi connectivity index (χ3v) is 6.81. The van der Waals surface area contributed by atoms with Crippen LogP contribution in [0.1, 0.15) is 29.9 Å². The van der Waals surface area contributed by atoms with Crippen LogP contribution in [0.4, 0.5) is 4.39 Å². The number of nitrogens with one attached hydrogen (secondary N) is 1. The van der Waals surface area contributed by atoms with Gasteiger partial charge in [0.05, 0.1) is 10.4 Å². The summed E-state index contributed by atoms with van der Waals surface area (Å²) in [4.78, 5) is 0.237. The Balaban J connectivity index is 1.91. The Kier molecular flexibility index (Phi) is 4.32. The highest BCUT2D eigenvalue weighted by Gasteiger charge is 2.25. The van der Waals surface area contributed by atoms with Gasteiger partial charge in [0, 0.05) is 11.6 Å². The molecular formula is C20H21FN2O2S. The average Bonchev–Trinajstić information content (AvgIpc) is 3.02. The van der Waals surface area contributed by atoms with E-state index < -0.39 is 10.0 Å². The fraction of sp³-hybridized carbons (Fsp3) is 0.300. The average molecular weight is 372 g/mol. The first-order valence-corrected chi connectivity index (χ1v) is 10.2. The van der Waals surface area contributed by atoms with Crippen LogP contribution in [0.25, 0.3) is 10.9 Å². The fourth-order valence-electron chi connectivity index (χ4n) is 3.68. The quantitative estimate of drug-likeness (QED) is 0.761. The Morgan fingerprint density at radius 3 is 2.46 bits per heavy atom. The Morgan fingerprint density at radius 1 is 1.08 bits per heavy atom. The van der Waals surface area contributed by atoms with Gasteiger partial charge in [-0.2, -0.15) is 0 Å². The maximum atomic E-state index is 13.9. The monoisotopic (exact) mass is 372 g/mol. The Bertz CT molecular complexity index is 1050. The van der Waals surface area contributed by atoms with Crippen molar-refractivity contribution in [1.82, 2.24) is 9.29 Å². The summed E-state index contributed by atoms with van der Waals surface area (Å²) in [6.45, 7) is 3.69. The lowest BCUT2D eigenvalue weighted by Crippen LogP contribution is -2.26. The summed E-state index contributed by atoms with van der Waals surface area (Å²) in [6.07, 6.45) is 3.52. The van der Waals surface area contributed by atoms with Crippen molar-refractivity contribution in [2.75, 3.05) is 13.1 Å². The number of rotatable bonds is 3. The second kappa shape index (κ2) is 6.52. The lowest BCUT2D eigenvalue weighted by atomic mass is 9.90. The van der Waals surface area contributed by atoms with Gasteiger partial charge < -0.3 is 5.32 Å². The molecule has 1 aliphatic rings. The molecule has 0 saturated carbocycles. The second-order valence-electron chi connectivity index (χ2n) is 6.88. The van der Waals surface area contributed by atoms with Gasteiger partial charge in [-0.25, -0.2) is 16.8 Å². The highest BCUT2D eigenvalue weighted by atomic mass is 32.2. The van der Waals surface area contributed by atoms with Gasteiger partial charge in [-0.3, -0.25) is 0 Å². The van der Waals surface area contributed by atoms with Crippen molar-refractivity contribution in [2.45, 2.75) is 30.6 Å². The predicted molar refractivity (Wildman–Crippen MR) is 101 cm³/mol. The van der Waals surface area contributed by atoms with Crippen molar-refractivity contribution in [3.63, 3.8) is 0 Å². The van der Waals surface area contributed by atoms with Crippen LogP contribution in [0.3, 0.4) is 0 Å². The zero-order chi connectivity index (χ0) is 18.3. The zero-order valence-electron chi connectivity index (χ0n) is 14.6. The number of piperidine rings is 1. The molecule has 3 aromatic rings. The van der Waals surface area contributed by atoms with Crippen LogP contribution in [0, 0.1) is 12.7 Å². The molecule has 0 spiro atoms. The molecule has 0 bridgehead atoms. The first-order chi connectivity index (χ1) is 12.5. The molecule has 1 aliphatic heterocycles. The van der Waals surface area contributed by atoms with Gasteiger partial charge in [0.25, 0.3) is 10.0 Å². The zero-order valence-corrected chi connectivity index (χ0v) is 15.4. The minimum Gasteiger partial charge on any atom is -0.317 e. The Labute approximate surface area is 152 Å². The number of fused-ring (bicyclic) bond motifs is 1. The van der Waals surface area contributed by atoms with Gasteiger partial charge in [0.15, 0.2) is 0 Å². The van der Waals surface area contributed by atoms with Crippen molar-refractivity contribution in [3.05, 3.63) is 65.6 Å². The molecule has 0 atom stereocenters. The van der Waals surface area contributed by atoms with E-state index >= 15 is 0 Å². The molecule has 1 aromatic heterocycles. The molecule has 1 N–H and O–H groups in total. The van der Waals surface area contributed by atoms with Crippen molar-refractivity contribution >= 4 is 20.9 Å². The Morgan fingerprint density at radius 2 is 1.77 bits per heavy atom. The number of nitrogens with zero attached hydrogens (tertiary/aromatic N) is 1. The van der Waals surface area contributed by atoms with Crippen molar-refractivity contribution in [2.24, 2.45) is 0 Å². The van der Waals surface area contributed by atoms with E-state index in [1.54, 1.807) is 36.5 Å². The fourth-order valence-corrected chi connectivity index (χ4v) is 5.06. The summed E-state index contributed by atoms with van der Waals surface area (Å²) in [5.41, 5.74) is 2.44. The van der Waals surface area contributed by atoms with E-state index in [0.29, 0.717) is 10.9 Å². The molecule has 0 amide bonds. The second-order valence-corrected chi connectivity index (χ2v) is 8.70. The molecule has 4 rings (SSSR count). The van der Waals surface area contributed by atoms with Gasteiger partial charge >= 0.3 is 0 Å². The van der Waals surface area contributed by atoms with Gasteiger partial charge in [-0.15, -0.1) is 0 Å². The van der Waals surface area contributed by atoms with Crippen LogP contribution >= 0.6 is 0 Å². The molecule has 6 heteroatoms. The van der Waals surface area contributed by atoms with Crippen LogP contribution in [0.2, 0.25) is 0 Å². The molecule has 2 heterocycles. The maximum Gasteiger partial charge on any atom is 0.268 e. The maximum absolute atomic E-state index is 13.9. The molecule has 0 aliphatic carbocycles. The smallest absolute Gasteiger partial charge is 0.268 e. The molecule has 4 nitrogen and oxygen atoms in total.